The fraction of sp³-hybridized carbons (Fsp3) is 0.636. The number of hydrogen-bond donors (Lipinski definition) is 1. The summed E-state index contributed by atoms with van der Waals surface area (Å²) in [6.07, 6.45) is 5.29. The molecule has 1 saturated heterocycles. The second-order valence-electron chi connectivity index (χ2n) is 8.73. The van der Waals surface area contributed by atoms with Crippen LogP contribution in [0.3, 0.4) is 0 Å². The van der Waals surface area contributed by atoms with Crippen LogP contribution >= 0.6 is 0 Å². The van der Waals surface area contributed by atoms with Crippen LogP contribution < -0.4 is 14.8 Å². The molecule has 2 saturated carbocycles. The minimum Gasteiger partial charge on any atom is -0.454 e. The van der Waals surface area contributed by atoms with Crippen LogP contribution in [0.5, 0.6) is 11.5 Å². The third kappa shape index (κ3) is 4.06. The molecule has 2 amide bonds. The molecule has 2 aliphatic carbocycles. The second-order valence-corrected chi connectivity index (χ2v) is 8.73. The van der Waals surface area contributed by atoms with E-state index in [9.17, 15) is 9.59 Å². The highest BCUT2D eigenvalue weighted by Gasteiger charge is 2.50. The fourth-order valence-corrected chi connectivity index (χ4v) is 4.79. The number of nitrogens with one attached hydrogen (secondary N) is 1. The fourth-order valence-electron chi connectivity index (χ4n) is 4.79. The summed E-state index contributed by atoms with van der Waals surface area (Å²) in [5, 5.41) is 3.14. The van der Waals surface area contributed by atoms with Crippen LogP contribution in [0.2, 0.25) is 0 Å². The monoisotopic (exact) mass is 399 g/mol. The number of carbonyl (C=O) groups is 2. The van der Waals surface area contributed by atoms with Crippen LogP contribution in [0.1, 0.15) is 37.7 Å². The molecule has 7 nitrogen and oxygen atoms in total. The smallest absolute Gasteiger partial charge is 0.231 e. The Labute approximate surface area is 171 Å². The van der Waals surface area contributed by atoms with E-state index in [-0.39, 0.29) is 23.7 Å². The van der Waals surface area contributed by atoms with Crippen molar-refractivity contribution >= 4 is 11.8 Å². The van der Waals surface area contributed by atoms with E-state index in [0.29, 0.717) is 12.8 Å². The quantitative estimate of drug-likeness (QED) is 0.817. The second kappa shape index (κ2) is 7.86. The lowest BCUT2D eigenvalue weighted by Gasteiger charge is -2.35. The van der Waals surface area contributed by atoms with Crippen molar-refractivity contribution < 1.29 is 19.1 Å². The highest BCUT2D eigenvalue weighted by atomic mass is 16.7. The number of hydrogen-bond acceptors (Lipinski definition) is 5. The Morgan fingerprint density at radius 1 is 1.00 bits per heavy atom. The standard InChI is InChI=1S/C22H29N3O4/c26-21(23-16-3-1-2-4-16)17-12-18(17)22(27)25-9-7-24(8-10-25)13-15-5-6-19-20(11-15)29-14-28-19/h5-6,11,16-18H,1-4,7-10,12-14H2,(H,23,26). The summed E-state index contributed by atoms with van der Waals surface area (Å²) in [7, 11) is 0. The van der Waals surface area contributed by atoms with E-state index in [2.05, 4.69) is 16.3 Å². The maximum atomic E-state index is 12.8. The van der Waals surface area contributed by atoms with Gasteiger partial charge in [-0.25, -0.2) is 0 Å². The van der Waals surface area contributed by atoms with E-state index in [1.165, 1.54) is 18.4 Å². The van der Waals surface area contributed by atoms with Gasteiger partial charge in [0.05, 0.1) is 11.8 Å². The van der Waals surface area contributed by atoms with Gasteiger partial charge in [0.1, 0.15) is 0 Å². The summed E-state index contributed by atoms with van der Waals surface area (Å²) in [4.78, 5) is 29.5. The zero-order valence-electron chi connectivity index (χ0n) is 16.8. The van der Waals surface area contributed by atoms with Gasteiger partial charge in [-0.15, -0.1) is 0 Å². The molecule has 7 heteroatoms. The lowest BCUT2D eigenvalue weighted by Crippen LogP contribution is -2.49. The summed E-state index contributed by atoms with van der Waals surface area (Å²) < 4.78 is 10.8. The molecule has 0 spiro atoms. The van der Waals surface area contributed by atoms with Crippen molar-refractivity contribution in [3.63, 3.8) is 0 Å². The molecule has 5 rings (SSSR count). The molecule has 1 aromatic rings. The molecule has 2 aliphatic heterocycles. The van der Waals surface area contributed by atoms with Crippen molar-refractivity contribution in [1.82, 2.24) is 15.1 Å². The van der Waals surface area contributed by atoms with Crippen molar-refractivity contribution in [1.29, 1.82) is 0 Å². The van der Waals surface area contributed by atoms with Gasteiger partial charge in [-0.05, 0) is 37.0 Å². The van der Waals surface area contributed by atoms with Gasteiger partial charge in [0, 0.05) is 38.8 Å². The van der Waals surface area contributed by atoms with E-state index in [4.69, 9.17) is 9.47 Å². The highest BCUT2D eigenvalue weighted by Crippen LogP contribution is 2.41. The summed E-state index contributed by atoms with van der Waals surface area (Å²) in [6.45, 7) is 4.31. The van der Waals surface area contributed by atoms with Crippen LogP contribution in [0.4, 0.5) is 0 Å². The molecule has 3 fully saturated rings. The van der Waals surface area contributed by atoms with Crippen molar-refractivity contribution in [2.75, 3.05) is 33.0 Å². The molecule has 156 valence electrons. The van der Waals surface area contributed by atoms with E-state index >= 15 is 0 Å². The Morgan fingerprint density at radius 3 is 2.55 bits per heavy atom. The molecule has 2 unspecified atom stereocenters. The predicted octanol–water partition coefficient (Wildman–Crippen LogP) is 1.75. The first-order chi connectivity index (χ1) is 14.2. The lowest BCUT2D eigenvalue weighted by molar-refractivity contribution is -0.136. The molecule has 1 N–H and O–H groups in total. The van der Waals surface area contributed by atoms with Crippen molar-refractivity contribution in [2.45, 2.75) is 44.7 Å². The Hall–Kier alpha value is -2.28. The SMILES string of the molecule is O=C(NC1CCCC1)C1CC1C(=O)N1CCN(Cc2ccc3c(c2)OCO3)CC1. The van der Waals surface area contributed by atoms with Crippen LogP contribution in [-0.2, 0) is 16.1 Å². The van der Waals surface area contributed by atoms with Gasteiger partial charge in [0.2, 0.25) is 18.6 Å². The van der Waals surface area contributed by atoms with E-state index in [1.807, 2.05) is 17.0 Å². The summed E-state index contributed by atoms with van der Waals surface area (Å²) in [5.41, 5.74) is 1.19. The number of rotatable bonds is 5. The summed E-state index contributed by atoms with van der Waals surface area (Å²) in [5.74, 6) is 1.68. The van der Waals surface area contributed by atoms with Crippen LogP contribution in [0, 0.1) is 11.8 Å². The first-order valence-corrected chi connectivity index (χ1v) is 10.9. The maximum absolute atomic E-state index is 12.8. The van der Waals surface area contributed by atoms with Gasteiger partial charge < -0.3 is 19.7 Å². The number of amides is 2. The van der Waals surface area contributed by atoms with Crippen LogP contribution in [-0.4, -0.2) is 60.6 Å². The van der Waals surface area contributed by atoms with E-state index in [1.54, 1.807) is 0 Å². The molecular formula is C22H29N3O4. The average Bonchev–Trinajstić information content (AvgIpc) is 3.12. The highest BCUT2D eigenvalue weighted by molar-refractivity contribution is 5.92. The normalized spacial score (nSPS) is 26.6. The maximum Gasteiger partial charge on any atom is 0.231 e. The summed E-state index contributed by atoms with van der Waals surface area (Å²) in [6, 6.07) is 6.40. The van der Waals surface area contributed by atoms with Gasteiger partial charge in [0.15, 0.2) is 11.5 Å². The zero-order valence-corrected chi connectivity index (χ0v) is 16.8. The van der Waals surface area contributed by atoms with Crippen LogP contribution in [0.25, 0.3) is 0 Å². The molecule has 2 atom stereocenters. The Bertz CT molecular complexity index is 784. The predicted molar refractivity (Wildman–Crippen MR) is 106 cm³/mol. The van der Waals surface area contributed by atoms with Gasteiger partial charge in [-0.2, -0.15) is 0 Å². The number of benzene rings is 1. The Balaban J connectivity index is 1.08. The number of nitrogens with zero attached hydrogens (tertiary/aromatic N) is 2. The molecule has 4 aliphatic rings. The molecule has 29 heavy (non-hydrogen) atoms. The van der Waals surface area contributed by atoms with Gasteiger partial charge >= 0.3 is 0 Å². The Morgan fingerprint density at radius 2 is 1.76 bits per heavy atom. The number of ether oxygens (including phenoxy) is 2. The average molecular weight is 399 g/mol. The topological polar surface area (TPSA) is 71.1 Å². The first kappa shape index (κ1) is 18.7. The molecular weight excluding hydrogens is 370 g/mol. The lowest BCUT2D eigenvalue weighted by atomic mass is 10.1. The minimum absolute atomic E-state index is 0.0942. The van der Waals surface area contributed by atoms with Gasteiger partial charge in [-0.3, -0.25) is 14.5 Å². The molecule has 1 aromatic carbocycles. The number of piperazine rings is 1. The van der Waals surface area contributed by atoms with Crippen LogP contribution in [0.15, 0.2) is 18.2 Å². The van der Waals surface area contributed by atoms with Crippen molar-refractivity contribution in [3.05, 3.63) is 23.8 Å². The number of carbonyl (C=O) groups excluding carboxylic acids is 2. The van der Waals surface area contributed by atoms with Gasteiger partial charge in [0.25, 0.3) is 0 Å². The largest absolute Gasteiger partial charge is 0.454 e. The Kier molecular flexibility index (Phi) is 5.08. The first-order valence-electron chi connectivity index (χ1n) is 10.9. The number of fused-ring (bicyclic) bond motifs is 1. The van der Waals surface area contributed by atoms with E-state index < -0.39 is 0 Å². The van der Waals surface area contributed by atoms with E-state index in [0.717, 1.165) is 63.5 Å². The minimum atomic E-state index is -0.102. The molecule has 0 aromatic heterocycles. The molecule has 2 heterocycles. The van der Waals surface area contributed by atoms with Crippen molar-refractivity contribution in [2.24, 2.45) is 11.8 Å². The third-order valence-electron chi connectivity index (χ3n) is 6.67. The molecule has 0 radical (unpaired) electrons. The van der Waals surface area contributed by atoms with Gasteiger partial charge in [-0.1, -0.05) is 18.9 Å². The zero-order chi connectivity index (χ0) is 19.8. The molecule has 0 bridgehead atoms. The third-order valence-corrected chi connectivity index (χ3v) is 6.67. The van der Waals surface area contributed by atoms with Crippen molar-refractivity contribution in [3.8, 4) is 11.5 Å². The summed E-state index contributed by atoms with van der Waals surface area (Å²) >= 11 is 0.